The first kappa shape index (κ1) is 21.9. The van der Waals surface area contributed by atoms with Crippen molar-refractivity contribution in [1.82, 2.24) is 14.1 Å². The number of carbonyl (C=O) groups is 3. The smallest absolute Gasteiger partial charge is 0.337 e. The minimum Gasteiger partial charge on any atom is -0.465 e. The topological polar surface area (TPSA) is 110 Å². The van der Waals surface area contributed by atoms with Crippen LogP contribution in [-0.2, 0) is 21.5 Å². The fourth-order valence-electron chi connectivity index (χ4n) is 3.43. The van der Waals surface area contributed by atoms with Crippen LogP contribution in [-0.4, -0.2) is 33.6 Å². The molecular weight excluding hydrogens is 452 g/mol. The lowest BCUT2D eigenvalue weighted by atomic mass is 9.95. The van der Waals surface area contributed by atoms with E-state index in [1.807, 2.05) is 12.1 Å². The molecule has 1 saturated carbocycles. The highest BCUT2D eigenvalue weighted by Crippen LogP contribution is 2.49. The van der Waals surface area contributed by atoms with Gasteiger partial charge in [0.25, 0.3) is 5.91 Å². The fourth-order valence-corrected chi connectivity index (χ4v) is 3.97. The summed E-state index contributed by atoms with van der Waals surface area (Å²) in [5.41, 5.74) is 1.83. The predicted octanol–water partition coefficient (Wildman–Crippen LogP) is 3.58. The van der Waals surface area contributed by atoms with E-state index in [1.54, 1.807) is 30.3 Å². The molecule has 0 saturated heterocycles. The van der Waals surface area contributed by atoms with Gasteiger partial charge in [-0.15, -0.1) is 0 Å². The molecule has 2 aromatic carbocycles. The van der Waals surface area contributed by atoms with Gasteiger partial charge in [0.05, 0.1) is 36.0 Å². The maximum atomic E-state index is 13.1. The molecule has 1 heterocycles. The summed E-state index contributed by atoms with van der Waals surface area (Å²) in [5, 5.41) is 6.25. The molecule has 0 spiro atoms. The third kappa shape index (κ3) is 4.63. The first-order chi connectivity index (χ1) is 15.4. The molecule has 2 N–H and O–H groups in total. The molecule has 2 amide bonds. The molecule has 32 heavy (non-hydrogen) atoms. The van der Waals surface area contributed by atoms with Gasteiger partial charge in [0.15, 0.2) is 5.69 Å². The standard InChI is InChI=1S/C22H19ClN4O4S/c1-31-20(29)14-8-13(11-24-19(28)18-12-25-32-27-18)9-17(10-14)26-21(30)22(6-7-22)15-2-4-16(23)5-3-15/h2-5,8-10,12H,6-7,11H2,1H3,(H,24,28)(H,26,30). The zero-order valence-electron chi connectivity index (χ0n) is 17.1. The molecule has 0 radical (unpaired) electrons. The minimum absolute atomic E-state index is 0.131. The van der Waals surface area contributed by atoms with Crippen molar-refractivity contribution in [3.8, 4) is 0 Å². The Bertz CT molecular complexity index is 1160. The number of rotatable bonds is 7. The van der Waals surface area contributed by atoms with Crippen molar-refractivity contribution in [3.63, 3.8) is 0 Å². The van der Waals surface area contributed by atoms with Crippen molar-refractivity contribution < 1.29 is 19.1 Å². The molecule has 0 bridgehead atoms. The number of halogens is 1. The summed E-state index contributed by atoms with van der Waals surface area (Å²) in [5.74, 6) is -1.09. The number of ether oxygens (including phenoxy) is 1. The molecule has 1 fully saturated rings. The maximum absolute atomic E-state index is 13.1. The number of esters is 1. The van der Waals surface area contributed by atoms with Crippen LogP contribution in [0.4, 0.5) is 5.69 Å². The van der Waals surface area contributed by atoms with Gasteiger partial charge in [0.2, 0.25) is 5.91 Å². The van der Waals surface area contributed by atoms with Gasteiger partial charge in [-0.1, -0.05) is 23.7 Å². The van der Waals surface area contributed by atoms with Crippen LogP contribution < -0.4 is 10.6 Å². The van der Waals surface area contributed by atoms with E-state index >= 15 is 0 Å². The number of hydrogen-bond acceptors (Lipinski definition) is 7. The van der Waals surface area contributed by atoms with E-state index in [0.29, 0.717) is 16.3 Å². The quantitative estimate of drug-likeness (QED) is 0.511. The van der Waals surface area contributed by atoms with Gasteiger partial charge in [-0.3, -0.25) is 9.59 Å². The van der Waals surface area contributed by atoms with Crippen molar-refractivity contribution in [3.05, 3.63) is 76.1 Å². The summed E-state index contributed by atoms with van der Waals surface area (Å²) in [7, 11) is 1.28. The van der Waals surface area contributed by atoms with E-state index in [0.717, 1.165) is 30.1 Å². The molecule has 3 aromatic rings. The van der Waals surface area contributed by atoms with E-state index < -0.39 is 11.4 Å². The van der Waals surface area contributed by atoms with E-state index in [1.165, 1.54) is 13.3 Å². The lowest BCUT2D eigenvalue weighted by Crippen LogP contribution is -2.28. The van der Waals surface area contributed by atoms with Crippen LogP contribution in [0.25, 0.3) is 0 Å². The van der Waals surface area contributed by atoms with E-state index in [9.17, 15) is 14.4 Å². The van der Waals surface area contributed by atoms with Gasteiger partial charge in [0, 0.05) is 17.3 Å². The Kier molecular flexibility index (Phi) is 6.20. The number of anilines is 1. The zero-order chi connectivity index (χ0) is 22.7. The summed E-state index contributed by atoms with van der Waals surface area (Å²) in [6, 6.07) is 12.1. The Morgan fingerprint density at radius 3 is 2.53 bits per heavy atom. The molecule has 164 valence electrons. The number of aromatic nitrogens is 2. The van der Waals surface area contributed by atoms with Crippen LogP contribution in [0.3, 0.4) is 0 Å². The number of methoxy groups -OCH3 is 1. The fraction of sp³-hybridized carbons (Fsp3) is 0.227. The molecule has 1 aliphatic carbocycles. The van der Waals surface area contributed by atoms with E-state index in [2.05, 4.69) is 19.4 Å². The van der Waals surface area contributed by atoms with Crippen molar-refractivity contribution in [2.75, 3.05) is 12.4 Å². The van der Waals surface area contributed by atoms with Crippen LogP contribution in [0, 0.1) is 0 Å². The average Bonchev–Trinajstić information content (AvgIpc) is 3.43. The van der Waals surface area contributed by atoms with Gasteiger partial charge in [-0.05, 0) is 54.3 Å². The Hall–Kier alpha value is -3.30. The third-order valence-electron chi connectivity index (χ3n) is 5.30. The first-order valence-electron chi connectivity index (χ1n) is 9.77. The summed E-state index contributed by atoms with van der Waals surface area (Å²) in [6.07, 6.45) is 2.83. The number of amides is 2. The van der Waals surface area contributed by atoms with Gasteiger partial charge in [0.1, 0.15) is 0 Å². The second kappa shape index (κ2) is 9.05. The molecule has 4 rings (SSSR count). The Balaban J connectivity index is 1.54. The van der Waals surface area contributed by atoms with Crippen LogP contribution in [0.1, 0.15) is 44.8 Å². The van der Waals surface area contributed by atoms with Crippen molar-refractivity contribution in [2.24, 2.45) is 0 Å². The van der Waals surface area contributed by atoms with E-state index in [4.69, 9.17) is 16.3 Å². The summed E-state index contributed by atoms with van der Waals surface area (Å²) in [6.45, 7) is 0.131. The van der Waals surface area contributed by atoms with Crippen molar-refractivity contribution in [2.45, 2.75) is 24.8 Å². The normalized spacial score (nSPS) is 13.8. The second-order valence-corrected chi connectivity index (χ2v) is 8.42. The monoisotopic (exact) mass is 470 g/mol. The molecule has 10 heteroatoms. The van der Waals surface area contributed by atoms with Crippen LogP contribution >= 0.6 is 23.3 Å². The highest BCUT2D eigenvalue weighted by Gasteiger charge is 2.51. The number of carbonyl (C=O) groups excluding carboxylic acids is 3. The summed E-state index contributed by atoms with van der Waals surface area (Å²) < 4.78 is 12.5. The highest BCUT2D eigenvalue weighted by atomic mass is 35.5. The Labute approximate surface area is 193 Å². The molecule has 0 atom stereocenters. The average molecular weight is 471 g/mol. The largest absolute Gasteiger partial charge is 0.465 e. The number of nitrogens with zero attached hydrogens (tertiary/aromatic N) is 2. The Morgan fingerprint density at radius 2 is 1.91 bits per heavy atom. The predicted molar refractivity (Wildman–Crippen MR) is 120 cm³/mol. The van der Waals surface area contributed by atoms with Crippen LogP contribution in [0.5, 0.6) is 0 Å². The third-order valence-corrected chi connectivity index (χ3v) is 6.03. The molecule has 1 aliphatic rings. The number of benzene rings is 2. The second-order valence-electron chi connectivity index (χ2n) is 7.43. The highest BCUT2D eigenvalue weighted by molar-refractivity contribution is 6.99. The zero-order valence-corrected chi connectivity index (χ0v) is 18.6. The minimum atomic E-state index is -0.613. The van der Waals surface area contributed by atoms with Gasteiger partial charge in [-0.2, -0.15) is 8.75 Å². The van der Waals surface area contributed by atoms with Crippen LogP contribution in [0.2, 0.25) is 5.02 Å². The van der Waals surface area contributed by atoms with Gasteiger partial charge < -0.3 is 15.4 Å². The maximum Gasteiger partial charge on any atom is 0.337 e. The molecular formula is C22H19ClN4O4S. The molecule has 0 unspecified atom stereocenters. The first-order valence-corrected chi connectivity index (χ1v) is 10.9. The summed E-state index contributed by atoms with van der Waals surface area (Å²) in [4.78, 5) is 37.4. The molecule has 0 aliphatic heterocycles. The van der Waals surface area contributed by atoms with Crippen molar-refractivity contribution >= 4 is 46.8 Å². The van der Waals surface area contributed by atoms with Gasteiger partial charge >= 0.3 is 5.97 Å². The van der Waals surface area contributed by atoms with Crippen molar-refractivity contribution in [1.29, 1.82) is 0 Å². The lowest BCUT2D eigenvalue weighted by Gasteiger charge is -2.17. The SMILES string of the molecule is COC(=O)c1cc(CNC(=O)c2cnsn2)cc(NC(=O)C2(c3ccc(Cl)cc3)CC2)c1. The number of hydrogen-bond donors (Lipinski definition) is 2. The van der Waals surface area contributed by atoms with E-state index in [-0.39, 0.29) is 29.6 Å². The Morgan fingerprint density at radius 1 is 1.16 bits per heavy atom. The lowest BCUT2D eigenvalue weighted by molar-refractivity contribution is -0.118. The van der Waals surface area contributed by atoms with Gasteiger partial charge in [-0.25, -0.2) is 4.79 Å². The molecule has 8 nitrogen and oxygen atoms in total. The summed E-state index contributed by atoms with van der Waals surface area (Å²) >= 11 is 6.91. The number of nitrogens with one attached hydrogen (secondary N) is 2. The van der Waals surface area contributed by atoms with Crippen LogP contribution in [0.15, 0.2) is 48.7 Å². The molecule has 1 aromatic heterocycles.